The van der Waals surface area contributed by atoms with Crippen molar-refractivity contribution in [3.05, 3.63) is 29.1 Å². The molecule has 7 nitrogen and oxygen atoms in total. The van der Waals surface area contributed by atoms with Gasteiger partial charge in [-0.15, -0.1) is 0 Å². The molecule has 0 atom stereocenters. The summed E-state index contributed by atoms with van der Waals surface area (Å²) in [4.78, 5) is 23.8. The predicted octanol–water partition coefficient (Wildman–Crippen LogP) is 2.75. The molecule has 152 valence electrons. The molecule has 2 saturated heterocycles. The molecule has 1 aliphatic carbocycles. The molecule has 28 heavy (non-hydrogen) atoms. The second kappa shape index (κ2) is 8.57. The zero-order valence-electron chi connectivity index (χ0n) is 16.7. The molecule has 7 heteroatoms. The van der Waals surface area contributed by atoms with Gasteiger partial charge in [-0.25, -0.2) is 9.97 Å². The topological polar surface area (TPSA) is 76.6 Å². The van der Waals surface area contributed by atoms with Gasteiger partial charge in [-0.05, 0) is 45.1 Å². The minimum Gasteiger partial charge on any atom is -0.350 e. The molecule has 0 radical (unpaired) electrons. The van der Waals surface area contributed by atoms with E-state index in [1.807, 2.05) is 6.92 Å². The van der Waals surface area contributed by atoms with Gasteiger partial charge >= 0.3 is 0 Å². The lowest BCUT2D eigenvalue weighted by Crippen LogP contribution is -2.46. The lowest BCUT2D eigenvalue weighted by Gasteiger charge is -2.37. The van der Waals surface area contributed by atoms with Crippen LogP contribution in [-0.4, -0.2) is 54.5 Å². The zero-order valence-corrected chi connectivity index (χ0v) is 16.7. The van der Waals surface area contributed by atoms with Crippen molar-refractivity contribution in [1.82, 2.24) is 15.3 Å². The number of nitrogens with one attached hydrogen (secondary N) is 1. The number of amides is 1. The van der Waals surface area contributed by atoms with Crippen molar-refractivity contribution < 1.29 is 14.3 Å². The highest BCUT2D eigenvalue weighted by atomic mass is 16.7. The van der Waals surface area contributed by atoms with Crippen molar-refractivity contribution in [1.29, 1.82) is 0 Å². The number of allylic oxidation sites excluding steroid dienone is 1. The summed E-state index contributed by atoms with van der Waals surface area (Å²) in [7, 11) is 0. The first-order valence-electron chi connectivity index (χ1n) is 10.5. The summed E-state index contributed by atoms with van der Waals surface area (Å²) in [6, 6.07) is 1.76. The van der Waals surface area contributed by atoms with Crippen LogP contribution < -0.4 is 10.2 Å². The monoisotopic (exact) mass is 386 g/mol. The molecule has 1 amide bonds. The Balaban J connectivity index is 1.35. The van der Waals surface area contributed by atoms with Crippen LogP contribution in [0.2, 0.25) is 0 Å². The normalized spacial score (nSPS) is 21.6. The Morgan fingerprint density at radius 1 is 1.21 bits per heavy atom. The molecule has 2 fully saturated rings. The number of hydrogen-bond donors (Lipinski definition) is 1. The summed E-state index contributed by atoms with van der Waals surface area (Å²) in [6.45, 7) is 5.43. The van der Waals surface area contributed by atoms with Crippen LogP contribution in [-0.2, 0) is 9.47 Å². The summed E-state index contributed by atoms with van der Waals surface area (Å²) in [6.07, 6.45) is 9.72. The Labute approximate surface area is 166 Å². The fraction of sp³-hybridized carbons (Fsp3) is 0.667. The van der Waals surface area contributed by atoms with Gasteiger partial charge in [-0.2, -0.15) is 0 Å². The summed E-state index contributed by atoms with van der Waals surface area (Å²) in [5.41, 5.74) is 2.71. The average molecular weight is 386 g/mol. The number of aromatic nitrogens is 2. The number of anilines is 1. The number of nitrogens with zero attached hydrogens (tertiary/aromatic N) is 3. The van der Waals surface area contributed by atoms with E-state index in [1.165, 1.54) is 24.8 Å². The summed E-state index contributed by atoms with van der Waals surface area (Å²) in [5, 5.41) is 3.01. The van der Waals surface area contributed by atoms with Gasteiger partial charge in [-0.1, -0.05) is 11.6 Å². The van der Waals surface area contributed by atoms with Crippen molar-refractivity contribution in [3.63, 3.8) is 0 Å². The molecule has 3 heterocycles. The highest BCUT2D eigenvalue weighted by Gasteiger charge is 2.40. The Morgan fingerprint density at radius 2 is 2.00 bits per heavy atom. The molecule has 0 bridgehead atoms. The van der Waals surface area contributed by atoms with Crippen molar-refractivity contribution in [3.8, 4) is 0 Å². The quantitative estimate of drug-likeness (QED) is 0.784. The van der Waals surface area contributed by atoms with Gasteiger partial charge in [-0.3, -0.25) is 4.79 Å². The lowest BCUT2D eigenvalue weighted by molar-refractivity contribution is -0.169. The average Bonchev–Trinajstić information content (AvgIpc) is 3.17. The third-order valence-electron chi connectivity index (χ3n) is 5.81. The molecule has 0 saturated carbocycles. The van der Waals surface area contributed by atoms with Crippen LogP contribution in [0, 0.1) is 6.92 Å². The maximum absolute atomic E-state index is 12.6. The molecule has 0 aromatic carbocycles. The maximum Gasteiger partial charge on any atom is 0.270 e. The van der Waals surface area contributed by atoms with E-state index in [0.717, 1.165) is 44.5 Å². The molecule has 2 aliphatic heterocycles. The van der Waals surface area contributed by atoms with Crippen LogP contribution in [0.5, 0.6) is 0 Å². The first-order valence-corrected chi connectivity index (χ1v) is 10.5. The van der Waals surface area contributed by atoms with E-state index in [1.54, 1.807) is 6.07 Å². The van der Waals surface area contributed by atoms with E-state index in [4.69, 9.17) is 9.47 Å². The van der Waals surface area contributed by atoms with E-state index < -0.39 is 5.79 Å². The van der Waals surface area contributed by atoms with E-state index in [-0.39, 0.29) is 5.91 Å². The molecule has 4 rings (SSSR count). The minimum atomic E-state index is -0.422. The van der Waals surface area contributed by atoms with Gasteiger partial charge in [0.1, 0.15) is 5.69 Å². The van der Waals surface area contributed by atoms with Gasteiger partial charge in [0.25, 0.3) is 5.91 Å². The third kappa shape index (κ3) is 4.52. The smallest absolute Gasteiger partial charge is 0.270 e. The van der Waals surface area contributed by atoms with Crippen LogP contribution >= 0.6 is 0 Å². The molecule has 3 aliphatic rings. The Kier molecular flexibility index (Phi) is 5.92. The maximum atomic E-state index is 12.6. The Morgan fingerprint density at radius 3 is 2.71 bits per heavy atom. The van der Waals surface area contributed by atoms with Crippen LogP contribution in [0.3, 0.4) is 0 Å². The first-order chi connectivity index (χ1) is 13.6. The van der Waals surface area contributed by atoms with Crippen LogP contribution in [0.25, 0.3) is 0 Å². The number of rotatable bonds is 5. The van der Waals surface area contributed by atoms with Crippen molar-refractivity contribution in [2.45, 2.75) is 57.7 Å². The lowest BCUT2D eigenvalue weighted by atomic mass is 9.97. The molecular formula is C21H30N4O3. The van der Waals surface area contributed by atoms with E-state index >= 15 is 0 Å². The Bertz CT molecular complexity index is 733. The second-order valence-corrected chi connectivity index (χ2v) is 7.90. The van der Waals surface area contributed by atoms with Crippen molar-refractivity contribution in [2.24, 2.45) is 0 Å². The van der Waals surface area contributed by atoms with E-state index in [2.05, 4.69) is 26.3 Å². The SMILES string of the molecule is Cc1cc(C(=O)NCCC2=CCCCC2)nc(N2CCC3(CC2)OCCO3)n1. The number of carbonyl (C=O) groups excluding carboxylic acids is 1. The van der Waals surface area contributed by atoms with Gasteiger partial charge in [0.15, 0.2) is 5.79 Å². The van der Waals surface area contributed by atoms with Gasteiger partial charge < -0.3 is 19.7 Å². The standard InChI is InChI=1S/C21H30N4O3/c1-16-15-18(19(26)22-10-7-17-5-3-2-4-6-17)24-20(23-16)25-11-8-21(9-12-25)27-13-14-28-21/h5,15H,2-4,6-14H2,1H3,(H,22,26). The van der Waals surface area contributed by atoms with Crippen LogP contribution in [0.4, 0.5) is 5.95 Å². The minimum absolute atomic E-state index is 0.126. The highest BCUT2D eigenvalue weighted by molar-refractivity contribution is 5.92. The van der Waals surface area contributed by atoms with Gasteiger partial charge in [0.2, 0.25) is 5.95 Å². The number of ether oxygens (including phenoxy) is 2. The van der Waals surface area contributed by atoms with Crippen molar-refractivity contribution in [2.75, 3.05) is 37.7 Å². The Hall–Kier alpha value is -1.99. The van der Waals surface area contributed by atoms with E-state index in [0.29, 0.717) is 31.4 Å². The largest absolute Gasteiger partial charge is 0.350 e. The summed E-state index contributed by atoms with van der Waals surface area (Å²) < 4.78 is 11.6. The predicted molar refractivity (Wildman–Crippen MR) is 106 cm³/mol. The zero-order chi connectivity index (χ0) is 19.4. The van der Waals surface area contributed by atoms with Crippen LogP contribution in [0.15, 0.2) is 17.7 Å². The number of hydrogen-bond acceptors (Lipinski definition) is 6. The molecule has 1 spiro atoms. The molecule has 1 aromatic heterocycles. The number of carbonyl (C=O) groups is 1. The summed E-state index contributed by atoms with van der Waals surface area (Å²) in [5.74, 6) is 0.0704. The van der Waals surface area contributed by atoms with Crippen LogP contribution in [0.1, 0.15) is 61.1 Å². The second-order valence-electron chi connectivity index (χ2n) is 7.90. The molecular weight excluding hydrogens is 356 g/mol. The third-order valence-corrected chi connectivity index (χ3v) is 5.81. The molecule has 1 aromatic rings. The van der Waals surface area contributed by atoms with Gasteiger partial charge in [0.05, 0.1) is 13.2 Å². The van der Waals surface area contributed by atoms with Crippen molar-refractivity contribution >= 4 is 11.9 Å². The highest BCUT2D eigenvalue weighted by Crippen LogP contribution is 2.32. The number of aryl methyl sites for hydroxylation is 1. The number of piperidine rings is 1. The summed E-state index contributed by atoms with van der Waals surface area (Å²) >= 11 is 0. The van der Waals surface area contributed by atoms with E-state index in [9.17, 15) is 4.79 Å². The first kappa shape index (κ1) is 19.3. The molecule has 0 unspecified atom stereocenters. The van der Waals surface area contributed by atoms with Gasteiger partial charge in [0, 0.05) is 38.2 Å². The molecule has 1 N–H and O–H groups in total. The fourth-order valence-electron chi connectivity index (χ4n) is 4.20. The fourth-order valence-corrected chi connectivity index (χ4v) is 4.20.